The Bertz CT molecular complexity index is 1300. The van der Waals surface area contributed by atoms with Crippen LogP contribution in [0.5, 0.6) is 5.75 Å². The van der Waals surface area contributed by atoms with Crippen LogP contribution in [0.15, 0.2) is 115 Å². The van der Waals surface area contributed by atoms with Gasteiger partial charge in [-0.25, -0.2) is 4.79 Å². The van der Waals surface area contributed by atoms with Crippen molar-refractivity contribution in [2.45, 2.75) is 32.1 Å². The van der Waals surface area contributed by atoms with E-state index in [0.29, 0.717) is 26.0 Å². The minimum absolute atomic E-state index is 0.139. The number of hydrogen-bond acceptors (Lipinski definition) is 4. The molecule has 0 saturated carbocycles. The highest BCUT2D eigenvalue weighted by atomic mass is 16.6. The SMILES string of the molecule is CN(C(=O)OCc1ccccc1)[C@@H](Cc1ccc(OCc2ccccc2)cc1)C(=O)NCCc1ccccc1. The van der Waals surface area contributed by atoms with Gasteiger partial charge in [0.15, 0.2) is 0 Å². The fraction of sp³-hybridized carbons (Fsp3) is 0.212. The number of likely N-dealkylation sites (N-methyl/N-ethyl adjacent to an activating group) is 1. The second kappa shape index (κ2) is 14.4. The number of nitrogens with one attached hydrogen (secondary N) is 1. The lowest BCUT2D eigenvalue weighted by Gasteiger charge is -2.27. The van der Waals surface area contributed by atoms with E-state index in [2.05, 4.69) is 5.32 Å². The average Bonchev–Trinajstić information content (AvgIpc) is 2.99. The first-order chi connectivity index (χ1) is 19.1. The molecule has 0 radical (unpaired) electrons. The summed E-state index contributed by atoms with van der Waals surface area (Å²) in [7, 11) is 1.60. The van der Waals surface area contributed by atoms with Gasteiger partial charge in [0.05, 0.1) is 0 Å². The Morgan fingerprint density at radius 1 is 0.692 bits per heavy atom. The maximum atomic E-state index is 13.3. The van der Waals surface area contributed by atoms with Gasteiger partial charge in [-0.15, -0.1) is 0 Å². The zero-order valence-electron chi connectivity index (χ0n) is 22.2. The van der Waals surface area contributed by atoms with E-state index in [-0.39, 0.29) is 12.5 Å². The molecular formula is C33H34N2O4. The van der Waals surface area contributed by atoms with Crippen molar-refractivity contribution in [1.82, 2.24) is 10.2 Å². The largest absolute Gasteiger partial charge is 0.489 e. The molecule has 0 spiro atoms. The highest BCUT2D eigenvalue weighted by Crippen LogP contribution is 2.17. The lowest BCUT2D eigenvalue weighted by molar-refractivity contribution is -0.125. The van der Waals surface area contributed by atoms with Crippen molar-refractivity contribution in [3.8, 4) is 5.75 Å². The second-order valence-electron chi connectivity index (χ2n) is 9.32. The molecule has 0 aliphatic carbocycles. The monoisotopic (exact) mass is 522 g/mol. The Morgan fingerprint density at radius 3 is 1.82 bits per heavy atom. The van der Waals surface area contributed by atoms with Gasteiger partial charge in [0.2, 0.25) is 5.91 Å². The molecule has 4 aromatic rings. The first-order valence-corrected chi connectivity index (χ1v) is 13.1. The Hall–Kier alpha value is -4.58. The summed E-state index contributed by atoms with van der Waals surface area (Å²) >= 11 is 0. The zero-order chi connectivity index (χ0) is 27.3. The van der Waals surface area contributed by atoms with Crippen LogP contribution in [0.4, 0.5) is 4.79 Å². The standard InChI is InChI=1S/C33H34N2O4/c1-35(33(37)39-25-29-15-9-4-10-16-29)31(32(36)34-22-21-26-11-5-2-6-12-26)23-27-17-19-30(20-18-27)38-24-28-13-7-3-8-14-28/h2-20,31H,21-25H2,1H3,(H,34,36)/t31-/m0/s1. The Kier molecular flexibility index (Phi) is 10.1. The third-order valence-corrected chi connectivity index (χ3v) is 6.42. The highest BCUT2D eigenvalue weighted by molar-refractivity contribution is 5.85. The van der Waals surface area contributed by atoms with Gasteiger partial charge in [-0.2, -0.15) is 0 Å². The summed E-state index contributed by atoms with van der Waals surface area (Å²) in [5, 5.41) is 3.00. The molecule has 0 aliphatic heterocycles. The van der Waals surface area contributed by atoms with E-state index in [4.69, 9.17) is 9.47 Å². The molecule has 4 aromatic carbocycles. The van der Waals surface area contributed by atoms with Crippen molar-refractivity contribution < 1.29 is 19.1 Å². The predicted octanol–water partition coefficient (Wildman–Crippen LogP) is 5.80. The number of hydrogen-bond donors (Lipinski definition) is 1. The smallest absolute Gasteiger partial charge is 0.410 e. The maximum absolute atomic E-state index is 13.3. The minimum atomic E-state index is -0.736. The quantitative estimate of drug-likeness (QED) is 0.255. The van der Waals surface area contributed by atoms with Gasteiger partial charge in [0.1, 0.15) is 25.0 Å². The van der Waals surface area contributed by atoms with Crippen molar-refractivity contribution in [2.75, 3.05) is 13.6 Å². The van der Waals surface area contributed by atoms with E-state index >= 15 is 0 Å². The molecule has 1 atom stereocenters. The van der Waals surface area contributed by atoms with Crippen molar-refractivity contribution in [1.29, 1.82) is 0 Å². The molecule has 39 heavy (non-hydrogen) atoms. The van der Waals surface area contributed by atoms with E-state index in [0.717, 1.165) is 28.0 Å². The molecule has 200 valence electrons. The first-order valence-electron chi connectivity index (χ1n) is 13.1. The van der Waals surface area contributed by atoms with Crippen LogP contribution in [0.3, 0.4) is 0 Å². The van der Waals surface area contributed by atoms with Gasteiger partial charge in [0, 0.05) is 20.0 Å². The Labute approximate surface area is 230 Å². The molecule has 0 aliphatic rings. The van der Waals surface area contributed by atoms with Gasteiger partial charge in [-0.3, -0.25) is 9.69 Å². The molecule has 0 saturated heterocycles. The summed E-state index contributed by atoms with van der Waals surface area (Å²) in [6, 6.07) is 36.3. The van der Waals surface area contributed by atoms with Crippen molar-refractivity contribution in [3.05, 3.63) is 138 Å². The fourth-order valence-corrected chi connectivity index (χ4v) is 4.13. The molecule has 6 heteroatoms. The number of ether oxygens (including phenoxy) is 2. The maximum Gasteiger partial charge on any atom is 0.410 e. The van der Waals surface area contributed by atoms with E-state index in [9.17, 15) is 9.59 Å². The topological polar surface area (TPSA) is 67.9 Å². The lowest BCUT2D eigenvalue weighted by Crippen LogP contribution is -2.49. The minimum Gasteiger partial charge on any atom is -0.489 e. The van der Waals surface area contributed by atoms with Crippen molar-refractivity contribution in [2.24, 2.45) is 0 Å². The van der Waals surface area contributed by atoms with Crippen LogP contribution < -0.4 is 10.1 Å². The van der Waals surface area contributed by atoms with Crippen LogP contribution in [0.1, 0.15) is 22.3 Å². The number of rotatable bonds is 12. The third-order valence-electron chi connectivity index (χ3n) is 6.42. The molecule has 2 amide bonds. The van der Waals surface area contributed by atoms with Crippen LogP contribution in [0, 0.1) is 0 Å². The van der Waals surface area contributed by atoms with Gasteiger partial charge in [0.25, 0.3) is 0 Å². The van der Waals surface area contributed by atoms with Crippen LogP contribution in [0.25, 0.3) is 0 Å². The zero-order valence-corrected chi connectivity index (χ0v) is 22.2. The van der Waals surface area contributed by atoms with E-state index < -0.39 is 12.1 Å². The summed E-state index contributed by atoms with van der Waals surface area (Å²) in [5.74, 6) is 0.511. The van der Waals surface area contributed by atoms with Gasteiger partial charge < -0.3 is 14.8 Å². The molecular weight excluding hydrogens is 488 g/mol. The summed E-state index contributed by atoms with van der Waals surface area (Å²) in [6.07, 6.45) is 0.493. The van der Waals surface area contributed by atoms with Gasteiger partial charge in [-0.05, 0) is 40.8 Å². The van der Waals surface area contributed by atoms with Crippen LogP contribution in [0.2, 0.25) is 0 Å². The van der Waals surface area contributed by atoms with Gasteiger partial charge >= 0.3 is 6.09 Å². The highest BCUT2D eigenvalue weighted by Gasteiger charge is 2.28. The number of benzene rings is 4. The number of amides is 2. The van der Waals surface area contributed by atoms with E-state index in [1.54, 1.807) is 7.05 Å². The van der Waals surface area contributed by atoms with Crippen molar-refractivity contribution in [3.63, 3.8) is 0 Å². The number of nitrogens with zero attached hydrogens (tertiary/aromatic N) is 1. The van der Waals surface area contributed by atoms with Crippen LogP contribution in [-0.2, 0) is 35.6 Å². The molecule has 0 unspecified atom stereocenters. The molecule has 0 fully saturated rings. The van der Waals surface area contributed by atoms with Gasteiger partial charge in [-0.1, -0.05) is 103 Å². The summed E-state index contributed by atoms with van der Waals surface area (Å²) in [4.78, 5) is 27.6. The second-order valence-corrected chi connectivity index (χ2v) is 9.32. The fourth-order valence-electron chi connectivity index (χ4n) is 4.13. The normalized spacial score (nSPS) is 11.3. The molecule has 0 heterocycles. The summed E-state index contributed by atoms with van der Waals surface area (Å²) in [6.45, 7) is 1.08. The molecule has 0 bridgehead atoms. The lowest BCUT2D eigenvalue weighted by atomic mass is 10.0. The first kappa shape index (κ1) is 27.5. The van der Waals surface area contributed by atoms with Crippen LogP contribution in [-0.4, -0.2) is 36.5 Å². The third kappa shape index (κ3) is 8.75. The predicted molar refractivity (Wildman–Crippen MR) is 152 cm³/mol. The van der Waals surface area contributed by atoms with Crippen LogP contribution >= 0.6 is 0 Å². The average molecular weight is 523 g/mol. The molecule has 4 rings (SSSR count). The Balaban J connectivity index is 1.39. The number of carbonyl (C=O) groups excluding carboxylic acids is 2. The summed E-state index contributed by atoms with van der Waals surface area (Å²) < 4.78 is 11.4. The molecule has 6 nitrogen and oxygen atoms in total. The Morgan fingerprint density at radius 2 is 1.23 bits per heavy atom. The van der Waals surface area contributed by atoms with Crippen molar-refractivity contribution >= 4 is 12.0 Å². The van der Waals surface area contributed by atoms with E-state index in [1.807, 2.05) is 115 Å². The van der Waals surface area contributed by atoms with E-state index in [1.165, 1.54) is 4.90 Å². The molecule has 0 aromatic heterocycles. The summed E-state index contributed by atoms with van der Waals surface area (Å²) in [5.41, 5.74) is 4.02. The molecule has 1 N–H and O–H groups in total. The number of carbonyl (C=O) groups is 2.